The molecule has 0 amide bonds. The zero-order chi connectivity index (χ0) is 6.15. The van der Waals surface area contributed by atoms with Gasteiger partial charge >= 0.3 is 59.2 Å². The Hall–Kier alpha value is 0.140. The Kier molecular flexibility index (Phi) is 1.70. The van der Waals surface area contributed by atoms with E-state index in [9.17, 15) is 4.79 Å². The number of carbonyl (C=O) groups is 1. The molecular formula is C6H8IO-. The molecule has 2 heteroatoms. The van der Waals surface area contributed by atoms with Crippen LogP contribution in [0.15, 0.2) is 9.66 Å². The minimum atomic E-state index is 0.0874. The predicted molar refractivity (Wildman–Crippen MR) is 28.2 cm³/mol. The van der Waals surface area contributed by atoms with Crippen molar-refractivity contribution in [2.24, 2.45) is 0 Å². The number of allylic oxidation sites excluding steroid dienone is 1. The molecule has 1 nitrogen and oxygen atoms in total. The van der Waals surface area contributed by atoms with E-state index < -0.39 is 0 Å². The molecule has 46 valence electrons. The SMILES string of the molecule is CC1=C[I-][C@@H](C)C1=O. The van der Waals surface area contributed by atoms with Crippen molar-refractivity contribution in [3.8, 4) is 0 Å². The van der Waals surface area contributed by atoms with Gasteiger partial charge in [-0.05, 0) is 0 Å². The molecule has 0 saturated carbocycles. The number of ketones is 1. The van der Waals surface area contributed by atoms with Gasteiger partial charge in [0.2, 0.25) is 0 Å². The zero-order valence-corrected chi connectivity index (χ0v) is 7.10. The summed E-state index contributed by atoms with van der Waals surface area (Å²) in [4.78, 5) is 10.9. The molecule has 1 heterocycles. The standard InChI is InChI=1S/C6H8IO/c1-4-3-7-5(2)6(4)8/h3,5H,1-2H3/q-1/t5-/m0/s1. The molecule has 1 rings (SSSR count). The van der Waals surface area contributed by atoms with Crippen molar-refractivity contribution in [2.75, 3.05) is 0 Å². The first-order valence-electron chi connectivity index (χ1n) is 2.55. The Morgan fingerprint density at radius 1 is 1.75 bits per heavy atom. The van der Waals surface area contributed by atoms with Crippen LogP contribution in [0.5, 0.6) is 0 Å². The number of carbonyl (C=O) groups excluding carboxylic acids is 1. The number of rotatable bonds is 0. The van der Waals surface area contributed by atoms with Gasteiger partial charge in [0.25, 0.3) is 0 Å². The van der Waals surface area contributed by atoms with Crippen LogP contribution >= 0.6 is 0 Å². The maximum atomic E-state index is 10.9. The zero-order valence-electron chi connectivity index (χ0n) is 4.94. The third kappa shape index (κ3) is 0.940. The number of Topliss-reactive ketones (excluding diaryl/α,β-unsaturated/α-hetero) is 1. The van der Waals surface area contributed by atoms with E-state index in [1.54, 1.807) is 0 Å². The van der Waals surface area contributed by atoms with Gasteiger partial charge in [0.1, 0.15) is 0 Å². The van der Waals surface area contributed by atoms with Gasteiger partial charge in [0.15, 0.2) is 0 Å². The van der Waals surface area contributed by atoms with Crippen molar-refractivity contribution >= 4 is 5.78 Å². The summed E-state index contributed by atoms with van der Waals surface area (Å²) in [7, 11) is 0. The molecule has 1 atom stereocenters. The monoisotopic (exact) mass is 223 g/mol. The van der Waals surface area contributed by atoms with Gasteiger partial charge in [-0.2, -0.15) is 0 Å². The third-order valence-corrected chi connectivity index (χ3v) is 4.10. The van der Waals surface area contributed by atoms with Gasteiger partial charge in [0.05, 0.1) is 0 Å². The Morgan fingerprint density at radius 3 is 2.50 bits per heavy atom. The van der Waals surface area contributed by atoms with E-state index in [4.69, 9.17) is 0 Å². The second-order valence-corrected chi connectivity index (χ2v) is 5.11. The summed E-state index contributed by atoms with van der Waals surface area (Å²) in [5.41, 5.74) is 0.991. The molecule has 0 radical (unpaired) electrons. The Morgan fingerprint density at radius 2 is 2.38 bits per heavy atom. The van der Waals surface area contributed by atoms with Crippen LogP contribution in [0, 0.1) is 0 Å². The second kappa shape index (κ2) is 2.17. The summed E-state index contributed by atoms with van der Waals surface area (Å²) in [6.45, 7) is 3.92. The molecule has 8 heavy (non-hydrogen) atoms. The van der Waals surface area contributed by atoms with Crippen LogP contribution in [0.1, 0.15) is 13.8 Å². The third-order valence-electron chi connectivity index (χ3n) is 1.17. The maximum absolute atomic E-state index is 10.9. The summed E-state index contributed by atoms with van der Waals surface area (Å²) in [6.07, 6.45) is 0. The van der Waals surface area contributed by atoms with E-state index in [1.165, 1.54) is 0 Å². The Labute approximate surface area is 59.4 Å². The van der Waals surface area contributed by atoms with Crippen molar-refractivity contribution in [1.82, 2.24) is 0 Å². The van der Waals surface area contributed by atoms with E-state index in [0.29, 0.717) is 9.71 Å². The van der Waals surface area contributed by atoms with Crippen molar-refractivity contribution in [1.29, 1.82) is 0 Å². The van der Waals surface area contributed by atoms with Gasteiger partial charge in [-0.25, -0.2) is 0 Å². The molecule has 0 bridgehead atoms. The molecule has 0 unspecified atom stereocenters. The van der Waals surface area contributed by atoms with Gasteiger partial charge in [-0.3, -0.25) is 0 Å². The average Bonchev–Trinajstić information content (AvgIpc) is 1.98. The van der Waals surface area contributed by atoms with E-state index in [2.05, 4.69) is 4.08 Å². The summed E-state index contributed by atoms with van der Waals surface area (Å²) in [6, 6.07) is 0. The van der Waals surface area contributed by atoms with Crippen LogP contribution in [0.4, 0.5) is 0 Å². The topological polar surface area (TPSA) is 17.1 Å². The van der Waals surface area contributed by atoms with Crippen LogP contribution in [0.25, 0.3) is 0 Å². The quantitative estimate of drug-likeness (QED) is 0.341. The predicted octanol–water partition coefficient (Wildman–Crippen LogP) is -2.05. The second-order valence-electron chi connectivity index (χ2n) is 1.90. The molecular weight excluding hydrogens is 215 g/mol. The van der Waals surface area contributed by atoms with E-state index in [1.807, 2.05) is 13.8 Å². The first-order chi connectivity index (χ1) is 3.72. The summed E-state index contributed by atoms with van der Waals surface area (Å²) in [5, 5.41) is 0. The number of hydrogen-bond acceptors (Lipinski definition) is 1. The van der Waals surface area contributed by atoms with E-state index in [0.717, 1.165) is 5.57 Å². The van der Waals surface area contributed by atoms with Crippen LogP contribution in [-0.4, -0.2) is 9.71 Å². The Bertz CT molecular complexity index is 149. The van der Waals surface area contributed by atoms with Crippen LogP contribution in [-0.2, 0) is 4.79 Å². The molecule has 0 spiro atoms. The molecule has 0 aromatic carbocycles. The summed E-state index contributed by atoms with van der Waals surface area (Å²) >= 11 is 0.0874. The van der Waals surface area contributed by atoms with Crippen molar-refractivity contribution in [2.45, 2.75) is 17.8 Å². The average molecular weight is 223 g/mol. The first kappa shape index (κ1) is 6.26. The Balaban J connectivity index is 2.73. The van der Waals surface area contributed by atoms with Crippen molar-refractivity contribution in [3.05, 3.63) is 9.66 Å². The van der Waals surface area contributed by atoms with E-state index in [-0.39, 0.29) is 21.2 Å². The molecule has 0 aliphatic carbocycles. The molecule has 0 saturated heterocycles. The molecule has 0 fully saturated rings. The fourth-order valence-electron chi connectivity index (χ4n) is 0.614. The van der Waals surface area contributed by atoms with Crippen molar-refractivity contribution < 1.29 is 26.0 Å². The molecule has 0 N–H and O–H groups in total. The van der Waals surface area contributed by atoms with Crippen LogP contribution in [0.3, 0.4) is 0 Å². The van der Waals surface area contributed by atoms with Crippen LogP contribution in [0.2, 0.25) is 0 Å². The number of halogens is 1. The minimum absolute atomic E-state index is 0.0874. The summed E-state index contributed by atoms with van der Waals surface area (Å²) in [5.74, 6) is 0.373. The number of hydrogen-bond donors (Lipinski definition) is 0. The van der Waals surface area contributed by atoms with Crippen molar-refractivity contribution in [3.63, 3.8) is 0 Å². The first-order valence-corrected chi connectivity index (χ1v) is 5.04. The number of alkyl halides is 1. The molecule has 0 aromatic rings. The fourth-order valence-corrected chi connectivity index (χ4v) is 2.82. The van der Waals surface area contributed by atoms with E-state index >= 15 is 0 Å². The molecule has 1 aliphatic rings. The van der Waals surface area contributed by atoms with Gasteiger partial charge in [-0.1, -0.05) is 0 Å². The van der Waals surface area contributed by atoms with Gasteiger partial charge in [0, 0.05) is 0 Å². The van der Waals surface area contributed by atoms with Gasteiger partial charge in [-0.15, -0.1) is 0 Å². The van der Waals surface area contributed by atoms with Crippen LogP contribution < -0.4 is 21.2 Å². The normalized spacial score (nSPS) is 29.5. The molecule has 0 aromatic heterocycles. The summed E-state index contributed by atoms with van der Waals surface area (Å²) < 4.78 is 2.49. The van der Waals surface area contributed by atoms with Gasteiger partial charge < -0.3 is 0 Å². The fraction of sp³-hybridized carbons (Fsp3) is 0.500. The molecule has 1 aliphatic heterocycles.